The zero-order valence-electron chi connectivity index (χ0n) is 17.2. The van der Waals surface area contributed by atoms with E-state index in [2.05, 4.69) is 6.92 Å². The molecule has 3 saturated heterocycles. The molecule has 1 unspecified atom stereocenters. The van der Waals surface area contributed by atoms with E-state index in [0.717, 1.165) is 36.9 Å². The van der Waals surface area contributed by atoms with Crippen LogP contribution in [0, 0.1) is 17.7 Å². The standard InChI is InChI=1S/C22H27ClFN3O3/c1-14-4-8-26(9-5-14)21(29)15-6-10-25(11-7-15)19-13-20(28)27(22(19)30)16-2-3-18(24)17(23)12-16/h2-3,12,14-15,19H,4-11,13H2,1H3. The van der Waals surface area contributed by atoms with Gasteiger partial charge in [0.2, 0.25) is 11.8 Å². The predicted molar refractivity (Wildman–Crippen MR) is 112 cm³/mol. The highest BCUT2D eigenvalue weighted by molar-refractivity contribution is 6.31. The van der Waals surface area contributed by atoms with Crippen LogP contribution in [0.5, 0.6) is 0 Å². The number of rotatable bonds is 3. The van der Waals surface area contributed by atoms with Crippen LogP contribution in [0.15, 0.2) is 18.2 Å². The number of carbonyl (C=O) groups is 3. The van der Waals surface area contributed by atoms with E-state index in [1.807, 2.05) is 9.80 Å². The first-order valence-electron chi connectivity index (χ1n) is 10.7. The molecule has 162 valence electrons. The van der Waals surface area contributed by atoms with Crippen LogP contribution in [0.25, 0.3) is 0 Å². The molecule has 3 fully saturated rings. The van der Waals surface area contributed by atoms with E-state index >= 15 is 0 Å². The molecule has 3 heterocycles. The molecule has 0 spiro atoms. The molecular formula is C22H27ClFN3O3. The van der Waals surface area contributed by atoms with Crippen LogP contribution in [0.1, 0.15) is 39.0 Å². The Balaban J connectivity index is 1.37. The first kappa shape index (κ1) is 21.2. The third-order valence-corrected chi connectivity index (χ3v) is 6.99. The summed E-state index contributed by atoms with van der Waals surface area (Å²) in [7, 11) is 0. The average Bonchev–Trinajstić information content (AvgIpc) is 3.04. The lowest BCUT2D eigenvalue weighted by molar-refractivity contribution is -0.138. The number of benzene rings is 1. The van der Waals surface area contributed by atoms with Crippen molar-refractivity contribution in [1.29, 1.82) is 0 Å². The number of likely N-dealkylation sites (tertiary alicyclic amines) is 2. The first-order valence-corrected chi connectivity index (χ1v) is 11.1. The van der Waals surface area contributed by atoms with Crippen molar-refractivity contribution in [3.63, 3.8) is 0 Å². The normalized spacial score (nSPS) is 24.7. The molecule has 1 atom stereocenters. The number of carbonyl (C=O) groups excluding carboxylic acids is 3. The number of anilines is 1. The van der Waals surface area contributed by atoms with Crippen molar-refractivity contribution in [1.82, 2.24) is 9.80 Å². The predicted octanol–water partition coefficient (Wildman–Crippen LogP) is 3.08. The molecule has 3 aliphatic rings. The fraction of sp³-hybridized carbons (Fsp3) is 0.591. The molecule has 1 aromatic rings. The number of nitrogens with zero attached hydrogens (tertiary/aromatic N) is 3. The Hall–Kier alpha value is -1.99. The second-order valence-corrected chi connectivity index (χ2v) is 9.11. The van der Waals surface area contributed by atoms with Crippen LogP contribution in [0.2, 0.25) is 5.02 Å². The van der Waals surface area contributed by atoms with Crippen molar-refractivity contribution < 1.29 is 18.8 Å². The Morgan fingerprint density at radius 3 is 2.37 bits per heavy atom. The Kier molecular flexibility index (Phi) is 6.11. The van der Waals surface area contributed by atoms with Crippen LogP contribution < -0.4 is 4.90 Å². The molecule has 0 saturated carbocycles. The Labute approximate surface area is 180 Å². The van der Waals surface area contributed by atoms with Gasteiger partial charge in [-0.2, -0.15) is 0 Å². The van der Waals surface area contributed by atoms with Gasteiger partial charge >= 0.3 is 0 Å². The minimum atomic E-state index is -0.592. The zero-order valence-corrected chi connectivity index (χ0v) is 17.9. The Bertz CT molecular complexity index is 848. The third kappa shape index (κ3) is 4.10. The smallest absolute Gasteiger partial charge is 0.251 e. The van der Waals surface area contributed by atoms with E-state index in [1.54, 1.807) is 0 Å². The molecule has 0 radical (unpaired) electrons. The molecule has 30 heavy (non-hydrogen) atoms. The van der Waals surface area contributed by atoms with E-state index in [0.29, 0.717) is 37.5 Å². The maximum Gasteiger partial charge on any atom is 0.251 e. The summed E-state index contributed by atoms with van der Waals surface area (Å²) in [6, 6.07) is 3.32. The molecule has 0 bridgehead atoms. The van der Waals surface area contributed by atoms with Crippen LogP contribution in [-0.4, -0.2) is 59.7 Å². The number of amides is 3. The molecule has 3 amide bonds. The molecule has 3 aliphatic heterocycles. The lowest BCUT2D eigenvalue weighted by atomic mass is 9.92. The van der Waals surface area contributed by atoms with Gasteiger partial charge in [0.25, 0.3) is 5.91 Å². The fourth-order valence-electron chi connectivity index (χ4n) is 4.74. The van der Waals surface area contributed by atoms with Gasteiger partial charge in [0.15, 0.2) is 0 Å². The van der Waals surface area contributed by atoms with Crippen LogP contribution in [-0.2, 0) is 14.4 Å². The second-order valence-electron chi connectivity index (χ2n) is 8.70. The van der Waals surface area contributed by atoms with Crippen molar-refractivity contribution in [2.45, 2.75) is 45.1 Å². The van der Waals surface area contributed by atoms with Gasteiger partial charge in [-0.3, -0.25) is 19.3 Å². The monoisotopic (exact) mass is 435 g/mol. The SMILES string of the molecule is CC1CCN(C(=O)C2CCN(C3CC(=O)N(c4ccc(F)c(Cl)c4)C3=O)CC2)CC1. The highest BCUT2D eigenvalue weighted by atomic mass is 35.5. The number of hydrogen-bond donors (Lipinski definition) is 0. The fourth-order valence-corrected chi connectivity index (χ4v) is 4.92. The molecule has 0 N–H and O–H groups in total. The third-order valence-electron chi connectivity index (χ3n) is 6.70. The summed E-state index contributed by atoms with van der Waals surface area (Å²) in [6.45, 7) is 5.13. The number of piperidine rings is 2. The molecule has 8 heteroatoms. The van der Waals surface area contributed by atoms with Crippen molar-refractivity contribution in [2.24, 2.45) is 11.8 Å². The number of halogens is 2. The van der Waals surface area contributed by atoms with Crippen LogP contribution >= 0.6 is 11.6 Å². The van der Waals surface area contributed by atoms with Crippen LogP contribution in [0.3, 0.4) is 0 Å². The summed E-state index contributed by atoms with van der Waals surface area (Å²) in [5, 5.41) is -0.122. The first-order chi connectivity index (χ1) is 14.3. The molecule has 4 rings (SSSR count). The van der Waals surface area contributed by atoms with E-state index in [4.69, 9.17) is 11.6 Å². The summed E-state index contributed by atoms with van der Waals surface area (Å²) in [6.07, 6.45) is 3.62. The molecule has 0 aromatic heterocycles. The van der Waals surface area contributed by atoms with E-state index in [-0.39, 0.29) is 35.1 Å². The lowest BCUT2D eigenvalue weighted by Gasteiger charge is -2.38. The van der Waals surface area contributed by atoms with Crippen molar-refractivity contribution in [3.05, 3.63) is 29.0 Å². The van der Waals surface area contributed by atoms with Gasteiger partial charge in [-0.15, -0.1) is 0 Å². The Morgan fingerprint density at radius 2 is 1.73 bits per heavy atom. The highest BCUT2D eigenvalue weighted by Crippen LogP contribution is 2.31. The Morgan fingerprint density at radius 1 is 1.07 bits per heavy atom. The van der Waals surface area contributed by atoms with Crippen molar-refractivity contribution in [2.75, 3.05) is 31.1 Å². The number of imide groups is 1. The minimum absolute atomic E-state index is 0.00568. The average molecular weight is 436 g/mol. The second kappa shape index (κ2) is 8.63. The molecule has 6 nitrogen and oxygen atoms in total. The van der Waals surface area contributed by atoms with Gasteiger partial charge < -0.3 is 4.90 Å². The highest BCUT2D eigenvalue weighted by Gasteiger charge is 2.44. The van der Waals surface area contributed by atoms with Gasteiger partial charge in [-0.25, -0.2) is 9.29 Å². The van der Waals surface area contributed by atoms with E-state index in [1.165, 1.54) is 12.1 Å². The summed E-state index contributed by atoms with van der Waals surface area (Å²) in [4.78, 5) is 43.4. The van der Waals surface area contributed by atoms with E-state index < -0.39 is 11.9 Å². The maximum atomic E-state index is 13.4. The van der Waals surface area contributed by atoms with Crippen LogP contribution in [0.4, 0.5) is 10.1 Å². The lowest BCUT2D eigenvalue weighted by Crippen LogP contribution is -2.49. The summed E-state index contributed by atoms with van der Waals surface area (Å²) in [5.41, 5.74) is 0.295. The largest absolute Gasteiger partial charge is 0.342 e. The van der Waals surface area contributed by atoms with Gasteiger partial charge in [0.1, 0.15) is 5.82 Å². The zero-order chi connectivity index (χ0) is 21.4. The maximum absolute atomic E-state index is 13.4. The molecular weight excluding hydrogens is 409 g/mol. The minimum Gasteiger partial charge on any atom is -0.342 e. The van der Waals surface area contributed by atoms with E-state index in [9.17, 15) is 18.8 Å². The van der Waals surface area contributed by atoms with Crippen molar-refractivity contribution >= 4 is 35.0 Å². The quantitative estimate of drug-likeness (QED) is 0.684. The molecule has 0 aliphatic carbocycles. The topological polar surface area (TPSA) is 60.9 Å². The summed E-state index contributed by atoms with van der Waals surface area (Å²) < 4.78 is 13.4. The summed E-state index contributed by atoms with van der Waals surface area (Å²) >= 11 is 5.82. The van der Waals surface area contributed by atoms with Gasteiger partial charge in [-0.05, 0) is 62.9 Å². The van der Waals surface area contributed by atoms with Gasteiger partial charge in [-0.1, -0.05) is 18.5 Å². The van der Waals surface area contributed by atoms with Crippen molar-refractivity contribution in [3.8, 4) is 0 Å². The summed E-state index contributed by atoms with van der Waals surface area (Å²) in [5.74, 6) is -0.302. The van der Waals surface area contributed by atoms with Gasteiger partial charge in [0.05, 0.1) is 23.2 Å². The van der Waals surface area contributed by atoms with Gasteiger partial charge in [0, 0.05) is 19.0 Å². The number of hydrogen-bond acceptors (Lipinski definition) is 4. The molecule has 1 aromatic carbocycles.